The Balaban J connectivity index is 1.98. The summed E-state index contributed by atoms with van der Waals surface area (Å²) in [5.41, 5.74) is 6.07. The molecule has 16 heavy (non-hydrogen) atoms. The Hall–Kier alpha value is -1.89. The minimum absolute atomic E-state index is 0.140. The zero-order chi connectivity index (χ0) is 11.3. The number of aromatic amines is 1. The summed E-state index contributed by atoms with van der Waals surface area (Å²) in [6.07, 6.45) is 1.47. The predicted octanol–water partition coefficient (Wildman–Crippen LogP) is -1.04. The van der Waals surface area contributed by atoms with E-state index in [-0.39, 0.29) is 11.2 Å². The van der Waals surface area contributed by atoms with Gasteiger partial charge in [-0.3, -0.25) is 0 Å². The van der Waals surface area contributed by atoms with Gasteiger partial charge in [0.15, 0.2) is 5.65 Å². The Morgan fingerprint density at radius 1 is 1.56 bits per heavy atom. The van der Waals surface area contributed by atoms with Gasteiger partial charge < -0.3 is 10.6 Å². The van der Waals surface area contributed by atoms with Crippen LogP contribution in [0.5, 0.6) is 0 Å². The van der Waals surface area contributed by atoms with Crippen LogP contribution in [0.1, 0.15) is 6.92 Å². The molecule has 1 aliphatic rings. The molecule has 0 unspecified atom stereocenters. The number of anilines is 1. The Morgan fingerprint density at radius 2 is 2.31 bits per heavy atom. The molecule has 1 fully saturated rings. The highest BCUT2D eigenvalue weighted by atomic mass is 16.1. The molecular formula is C9H12N6O. The van der Waals surface area contributed by atoms with Crippen molar-refractivity contribution in [3.63, 3.8) is 0 Å². The molecular weight excluding hydrogens is 208 g/mol. The summed E-state index contributed by atoms with van der Waals surface area (Å²) in [4.78, 5) is 17.5. The van der Waals surface area contributed by atoms with Crippen molar-refractivity contribution in [3.05, 3.63) is 22.9 Å². The minimum atomic E-state index is -0.277. The highest BCUT2D eigenvalue weighted by Crippen LogP contribution is 2.23. The molecule has 0 spiro atoms. The molecule has 3 N–H and O–H groups in total. The zero-order valence-electron chi connectivity index (χ0n) is 8.84. The summed E-state index contributed by atoms with van der Waals surface area (Å²) in [6.45, 7) is 3.54. The molecule has 0 aliphatic carbocycles. The number of aromatic nitrogens is 4. The van der Waals surface area contributed by atoms with Crippen LogP contribution in [-0.2, 0) is 0 Å². The maximum absolute atomic E-state index is 11.2. The van der Waals surface area contributed by atoms with Crippen LogP contribution in [0.3, 0.4) is 0 Å². The second-order valence-corrected chi connectivity index (χ2v) is 4.51. The number of rotatable bonds is 1. The van der Waals surface area contributed by atoms with Crippen molar-refractivity contribution in [2.45, 2.75) is 12.5 Å². The maximum Gasteiger partial charge on any atom is 0.348 e. The Bertz CT molecular complexity index is 589. The van der Waals surface area contributed by atoms with E-state index in [0.717, 1.165) is 18.9 Å². The van der Waals surface area contributed by atoms with Crippen molar-refractivity contribution in [1.29, 1.82) is 0 Å². The van der Waals surface area contributed by atoms with E-state index >= 15 is 0 Å². The lowest BCUT2D eigenvalue weighted by Crippen LogP contribution is -2.65. The number of nitrogens with two attached hydrogens (primary N) is 1. The van der Waals surface area contributed by atoms with E-state index in [0.29, 0.717) is 5.65 Å². The topological polar surface area (TPSA) is 92.3 Å². The number of H-pyrrole nitrogens is 1. The van der Waals surface area contributed by atoms with Crippen molar-refractivity contribution in [2.24, 2.45) is 5.73 Å². The van der Waals surface area contributed by atoms with Gasteiger partial charge in [0.25, 0.3) is 0 Å². The van der Waals surface area contributed by atoms with Crippen molar-refractivity contribution >= 4 is 11.5 Å². The predicted molar refractivity (Wildman–Crippen MR) is 58.4 cm³/mol. The van der Waals surface area contributed by atoms with Gasteiger partial charge in [-0.05, 0) is 6.92 Å². The van der Waals surface area contributed by atoms with Crippen molar-refractivity contribution in [1.82, 2.24) is 19.6 Å². The molecule has 3 heterocycles. The zero-order valence-corrected chi connectivity index (χ0v) is 8.84. The Morgan fingerprint density at radius 3 is 3.00 bits per heavy atom. The van der Waals surface area contributed by atoms with Gasteiger partial charge in [-0.1, -0.05) is 0 Å². The number of hydrogen-bond donors (Lipinski definition) is 2. The monoisotopic (exact) mass is 220 g/mol. The average Bonchev–Trinajstić information content (AvgIpc) is 2.56. The molecule has 2 aromatic rings. The fourth-order valence-corrected chi connectivity index (χ4v) is 1.96. The van der Waals surface area contributed by atoms with E-state index < -0.39 is 0 Å². The van der Waals surface area contributed by atoms with Crippen LogP contribution in [0.25, 0.3) is 5.65 Å². The third-order valence-corrected chi connectivity index (χ3v) is 2.72. The van der Waals surface area contributed by atoms with Gasteiger partial charge in [0, 0.05) is 24.7 Å². The van der Waals surface area contributed by atoms with Crippen LogP contribution < -0.4 is 16.3 Å². The molecule has 0 aromatic carbocycles. The molecule has 7 nitrogen and oxygen atoms in total. The fraction of sp³-hybridized carbons (Fsp3) is 0.444. The van der Waals surface area contributed by atoms with E-state index in [2.05, 4.69) is 20.1 Å². The summed E-state index contributed by atoms with van der Waals surface area (Å²) in [7, 11) is 0. The highest BCUT2D eigenvalue weighted by Gasteiger charge is 2.35. The molecule has 7 heteroatoms. The van der Waals surface area contributed by atoms with Gasteiger partial charge in [0.05, 0.1) is 0 Å². The molecule has 1 aliphatic heterocycles. The standard InChI is InChI=1S/C9H12N6O/c1-9(10)3-14(4-9)6-2-7-12-13-8(16)15(7)5-11-6/h2,5H,3-4,10H2,1H3,(H,13,16). The quantitative estimate of drug-likeness (QED) is 0.640. The molecule has 0 bridgehead atoms. The van der Waals surface area contributed by atoms with E-state index in [1.54, 1.807) is 6.07 Å². The molecule has 3 rings (SSSR count). The Labute approximate surface area is 90.9 Å². The molecule has 0 radical (unpaired) electrons. The van der Waals surface area contributed by atoms with Gasteiger partial charge in [-0.25, -0.2) is 19.3 Å². The normalized spacial score (nSPS) is 18.8. The van der Waals surface area contributed by atoms with Crippen LogP contribution in [0, 0.1) is 0 Å². The van der Waals surface area contributed by atoms with Gasteiger partial charge >= 0.3 is 5.69 Å². The summed E-state index contributed by atoms with van der Waals surface area (Å²) >= 11 is 0. The lowest BCUT2D eigenvalue weighted by Gasteiger charge is -2.46. The van der Waals surface area contributed by atoms with Gasteiger partial charge in [-0.2, -0.15) is 5.10 Å². The number of nitrogens with zero attached hydrogens (tertiary/aromatic N) is 4. The fourth-order valence-electron chi connectivity index (χ4n) is 1.96. The number of nitrogens with one attached hydrogen (secondary N) is 1. The summed E-state index contributed by atoms with van der Waals surface area (Å²) < 4.78 is 1.37. The molecule has 84 valence electrons. The van der Waals surface area contributed by atoms with E-state index in [9.17, 15) is 4.79 Å². The summed E-state index contributed by atoms with van der Waals surface area (Å²) in [5, 5.41) is 6.25. The highest BCUT2D eigenvalue weighted by molar-refractivity contribution is 5.52. The van der Waals surface area contributed by atoms with Gasteiger partial charge in [-0.15, -0.1) is 0 Å². The molecule has 1 saturated heterocycles. The van der Waals surface area contributed by atoms with Gasteiger partial charge in [0.1, 0.15) is 12.1 Å². The second-order valence-electron chi connectivity index (χ2n) is 4.51. The first kappa shape index (κ1) is 9.34. The first-order valence-corrected chi connectivity index (χ1v) is 5.02. The van der Waals surface area contributed by atoms with Crippen LogP contribution in [0.15, 0.2) is 17.2 Å². The van der Waals surface area contributed by atoms with Crippen molar-refractivity contribution < 1.29 is 0 Å². The van der Waals surface area contributed by atoms with Crippen LogP contribution in [-0.4, -0.2) is 38.2 Å². The third kappa shape index (κ3) is 1.28. The lowest BCUT2D eigenvalue weighted by atomic mass is 9.94. The van der Waals surface area contributed by atoms with Crippen molar-refractivity contribution in [2.75, 3.05) is 18.0 Å². The maximum atomic E-state index is 11.2. The van der Waals surface area contributed by atoms with Crippen molar-refractivity contribution in [3.8, 4) is 0 Å². The van der Waals surface area contributed by atoms with E-state index in [1.165, 1.54) is 10.7 Å². The van der Waals surface area contributed by atoms with Crippen LogP contribution in [0.2, 0.25) is 0 Å². The third-order valence-electron chi connectivity index (χ3n) is 2.72. The smallest absolute Gasteiger partial charge is 0.348 e. The SMILES string of the molecule is CC1(N)CN(c2cc3n[nH]c(=O)n3cn2)C1. The molecule has 2 aromatic heterocycles. The molecule has 0 atom stereocenters. The lowest BCUT2D eigenvalue weighted by molar-refractivity contribution is 0.363. The minimum Gasteiger partial charge on any atom is -0.353 e. The first-order valence-electron chi connectivity index (χ1n) is 5.02. The first-order chi connectivity index (χ1) is 7.55. The average molecular weight is 220 g/mol. The largest absolute Gasteiger partial charge is 0.353 e. The number of fused-ring (bicyclic) bond motifs is 1. The van der Waals surface area contributed by atoms with E-state index in [1.807, 2.05) is 6.92 Å². The summed E-state index contributed by atoms with van der Waals surface area (Å²) in [6, 6.07) is 1.77. The van der Waals surface area contributed by atoms with Gasteiger partial charge in [0.2, 0.25) is 0 Å². The van der Waals surface area contributed by atoms with E-state index in [4.69, 9.17) is 5.73 Å². The Kier molecular flexibility index (Phi) is 1.65. The molecule has 0 saturated carbocycles. The van der Waals surface area contributed by atoms with Crippen LogP contribution in [0.4, 0.5) is 5.82 Å². The summed E-state index contributed by atoms with van der Waals surface area (Å²) in [5.74, 6) is 0.800. The second kappa shape index (κ2) is 2.82. The molecule has 0 amide bonds. The number of hydrogen-bond acceptors (Lipinski definition) is 5. The van der Waals surface area contributed by atoms with Crippen LogP contribution >= 0.6 is 0 Å².